The van der Waals surface area contributed by atoms with Crippen molar-refractivity contribution in [2.45, 2.75) is 51.4 Å². The molecule has 3 aliphatic carbocycles. The average molecular weight is 389 g/mol. The quantitative estimate of drug-likeness (QED) is 0.463. The number of benzene rings is 1. The molecule has 0 radical (unpaired) electrons. The molecular weight excluding hydrogens is 363 g/mol. The van der Waals surface area contributed by atoms with Gasteiger partial charge in [-0.15, -0.1) is 0 Å². The van der Waals surface area contributed by atoms with Gasteiger partial charge in [-0.1, -0.05) is 29.7 Å². The second-order valence-electron chi connectivity index (χ2n) is 7.80. The molecule has 5 nitrogen and oxygen atoms in total. The number of fused-ring (bicyclic) bond motifs is 3. The number of ether oxygens (including phenoxy) is 1. The van der Waals surface area contributed by atoms with Gasteiger partial charge >= 0.3 is 7.82 Å². The number of phosphoric acid groups is 1. The summed E-state index contributed by atoms with van der Waals surface area (Å²) in [5, 5.41) is 0. The third-order valence-corrected chi connectivity index (χ3v) is 6.63. The first-order chi connectivity index (χ1) is 13.0. The smallest absolute Gasteiger partial charge is 0.317 e. The largest absolute Gasteiger partial charge is 0.746 e. The van der Waals surface area contributed by atoms with Crippen molar-refractivity contribution in [2.75, 3.05) is 7.11 Å². The van der Waals surface area contributed by atoms with Crippen molar-refractivity contribution in [1.82, 2.24) is 0 Å². The maximum absolute atomic E-state index is 11.1. The average Bonchev–Trinajstić information content (AvgIpc) is 2.61. The zero-order valence-electron chi connectivity index (χ0n) is 15.6. The Morgan fingerprint density at radius 1 is 1.22 bits per heavy atom. The van der Waals surface area contributed by atoms with Gasteiger partial charge in [-0.25, -0.2) is 0 Å². The summed E-state index contributed by atoms with van der Waals surface area (Å²) in [6, 6.07) is 6.79. The summed E-state index contributed by atoms with van der Waals surface area (Å²) in [6.07, 6.45) is 9.75. The third kappa shape index (κ3) is 3.87. The Morgan fingerprint density at radius 3 is 2.81 bits per heavy atom. The zero-order valence-corrected chi connectivity index (χ0v) is 16.5. The molecule has 1 N–H and O–H groups in total. The van der Waals surface area contributed by atoms with E-state index in [2.05, 4.69) is 4.52 Å². The SMILES string of the molecule is COC(=C1C2CCCC1C1=C(CCCC1)C2)c1cccc(OP(=O)([O-])O)c1. The van der Waals surface area contributed by atoms with Crippen LogP contribution in [0.4, 0.5) is 0 Å². The van der Waals surface area contributed by atoms with Crippen molar-refractivity contribution in [3.8, 4) is 5.75 Å². The molecule has 0 spiro atoms. The lowest BCUT2D eigenvalue weighted by atomic mass is 9.62. The van der Waals surface area contributed by atoms with Crippen LogP contribution in [0, 0.1) is 11.8 Å². The van der Waals surface area contributed by atoms with Crippen molar-refractivity contribution in [2.24, 2.45) is 11.8 Å². The van der Waals surface area contributed by atoms with Gasteiger partial charge in [-0.2, -0.15) is 0 Å². The van der Waals surface area contributed by atoms with Gasteiger partial charge in [0.05, 0.1) is 7.11 Å². The van der Waals surface area contributed by atoms with E-state index in [1.54, 1.807) is 30.4 Å². The number of allylic oxidation sites excluding steroid dienone is 3. The molecular formula is C21H26O5P-. The van der Waals surface area contributed by atoms with Gasteiger partial charge in [-0.3, -0.25) is 4.57 Å². The highest BCUT2D eigenvalue weighted by molar-refractivity contribution is 7.45. The minimum absolute atomic E-state index is 0.0991. The van der Waals surface area contributed by atoms with E-state index in [9.17, 15) is 9.46 Å². The molecule has 3 unspecified atom stereocenters. The van der Waals surface area contributed by atoms with Crippen LogP contribution >= 0.6 is 7.82 Å². The van der Waals surface area contributed by atoms with Crippen LogP contribution in [-0.2, 0) is 9.30 Å². The van der Waals surface area contributed by atoms with E-state index in [0.717, 1.165) is 17.7 Å². The van der Waals surface area contributed by atoms with Crippen LogP contribution in [0.3, 0.4) is 0 Å². The molecule has 4 rings (SSSR count). The van der Waals surface area contributed by atoms with Crippen molar-refractivity contribution in [1.29, 1.82) is 0 Å². The van der Waals surface area contributed by atoms with Crippen LogP contribution < -0.4 is 9.42 Å². The van der Waals surface area contributed by atoms with E-state index in [1.165, 1.54) is 56.6 Å². The third-order valence-electron chi connectivity index (χ3n) is 6.19. The summed E-state index contributed by atoms with van der Waals surface area (Å²) in [6.45, 7) is 0. The Bertz CT molecular complexity index is 835. The topological polar surface area (TPSA) is 78.8 Å². The Labute approximate surface area is 160 Å². The number of rotatable bonds is 4. The molecule has 1 aromatic rings. The predicted molar refractivity (Wildman–Crippen MR) is 102 cm³/mol. The highest BCUT2D eigenvalue weighted by atomic mass is 31.2. The van der Waals surface area contributed by atoms with Crippen molar-refractivity contribution in [3.63, 3.8) is 0 Å². The summed E-state index contributed by atoms with van der Waals surface area (Å²) in [5.74, 6) is 1.90. The molecule has 3 aliphatic rings. The lowest BCUT2D eigenvalue weighted by Crippen LogP contribution is -2.30. The Hall–Kier alpha value is -1.55. The molecule has 0 aliphatic heterocycles. The number of hydrogen-bond donors (Lipinski definition) is 1. The predicted octanol–water partition coefficient (Wildman–Crippen LogP) is 4.57. The lowest BCUT2D eigenvalue weighted by Gasteiger charge is -2.43. The molecule has 27 heavy (non-hydrogen) atoms. The van der Waals surface area contributed by atoms with Gasteiger partial charge in [0.2, 0.25) is 0 Å². The highest BCUT2D eigenvalue weighted by Crippen LogP contribution is 2.53. The van der Waals surface area contributed by atoms with Gasteiger partial charge in [-0.05, 0) is 68.6 Å². The Kier molecular flexibility index (Phi) is 5.19. The second-order valence-corrected chi connectivity index (χ2v) is 8.92. The molecule has 0 saturated heterocycles. The molecule has 3 atom stereocenters. The van der Waals surface area contributed by atoms with Gasteiger partial charge < -0.3 is 19.0 Å². The maximum atomic E-state index is 11.1. The first-order valence-corrected chi connectivity index (χ1v) is 11.3. The monoisotopic (exact) mass is 389 g/mol. The number of phosphoric ester groups is 1. The van der Waals surface area contributed by atoms with E-state index >= 15 is 0 Å². The van der Waals surface area contributed by atoms with Crippen LogP contribution in [0.25, 0.3) is 5.76 Å². The number of methoxy groups -OCH3 is 1. The van der Waals surface area contributed by atoms with Crippen LogP contribution in [0.2, 0.25) is 0 Å². The minimum atomic E-state index is -4.83. The van der Waals surface area contributed by atoms with Crippen LogP contribution in [0.15, 0.2) is 41.0 Å². The molecule has 0 aromatic heterocycles. The van der Waals surface area contributed by atoms with Crippen molar-refractivity contribution >= 4 is 13.6 Å². The highest BCUT2D eigenvalue weighted by Gasteiger charge is 2.39. The van der Waals surface area contributed by atoms with E-state index in [-0.39, 0.29) is 5.75 Å². The number of hydrogen-bond acceptors (Lipinski definition) is 4. The van der Waals surface area contributed by atoms with E-state index in [0.29, 0.717) is 11.8 Å². The summed E-state index contributed by atoms with van der Waals surface area (Å²) in [5.41, 5.74) is 5.49. The fourth-order valence-electron chi connectivity index (χ4n) is 5.25. The first-order valence-electron chi connectivity index (χ1n) is 9.79. The fraction of sp³-hybridized carbons (Fsp3) is 0.524. The Morgan fingerprint density at radius 2 is 2.04 bits per heavy atom. The van der Waals surface area contributed by atoms with Crippen LogP contribution in [-0.4, -0.2) is 12.0 Å². The van der Waals surface area contributed by atoms with Gasteiger partial charge in [0.1, 0.15) is 11.5 Å². The standard InChI is InChI=1S/C21H27O5P/c1-25-21(16-8-4-9-17(13-16)26-27(22,23)24)20-15-7-5-11-19(20)18-10-3-2-6-14(18)12-15/h4,8-9,13,15,19H,2-3,5-7,10-12H2,1H3,(H2,22,23,24)/p-1. The van der Waals surface area contributed by atoms with Crippen LogP contribution in [0.1, 0.15) is 56.9 Å². The second kappa shape index (κ2) is 7.46. The minimum Gasteiger partial charge on any atom is -0.746 e. The van der Waals surface area contributed by atoms with Crippen molar-refractivity contribution in [3.05, 3.63) is 46.5 Å². The van der Waals surface area contributed by atoms with Gasteiger partial charge in [0.25, 0.3) is 0 Å². The normalized spacial score (nSPS) is 28.9. The zero-order chi connectivity index (χ0) is 19.0. The van der Waals surface area contributed by atoms with E-state index in [1.807, 2.05) is 6.07 Å². The van der Waals surface area contributed by atoms with Gasteiger partial charge in [0.15, 0.2) is 0 Å². The molecule has 0 heterocycles. The molecule has 1 saturated carbocycles. The summed E-state index contributed by atoms with van der Waals surface area (Å²) in [7, 11) is -3.15. The fourth-order valence-corrected chi connectivity index (χ4v) is 5.63. The maximum Gasteiger partial charge on any atom is 0.317 e. The van der Waals surface area contributed by atoms with Crippen LogP contribution in [0.5, 0.6) is 5.75 Å². The first kappa shape index (κ1) is 18.8. The molecule has 1 fully saturated rings. The summed E-state index contributed by atoms with van der Waals surface area (Å²) < 4.78 is 21.6. The van der Waals surface area contributed by atoms with Crippen molar-refractivity contribution < 1.29 is 23.6 Å². The summed E-state index contributed by atoms with van der Waals surface area (Å²) in [4.78, 5) is 20.1. The summed E-state index contributed by atoms with van der Waals surface area (Å²) >= 11 is 0. The Balaban J connectivity index is 1.77. The lowest BCUT2D eigenvalue weighted by molar-refractivity contribution is -0.211. The van der Waals surface area contributed by atoms with Gasteiger partial charge in [0, 0.05) is 11.5 Å². The molecule has 146 valence electrons. The molecule has 2 bridgehead atoms. The van der Waals surface area contributed by atoms with E-state index < -0.39 is 7.82 Å². The van der Waals surface area contributed by atoms with E-state index in [4.69, 9.17) is 9.63 Å². The molecule has 0 amide bonds. The molecule has 6 heteroatoms. The molecule has 1 aromatic carbocycles.